The quantitative estimate of drug-likeness (QED) is 0.265. The number of nitrogens with zero attached hydrogens (tertiary/aromatic N) is 3. The van der Waals surface area contributed by atoms with Crippen LogP contribution in [-0.2, 0) is 0 Å². The highest BCUT2D eigenvalue weighted by Crippen LogP contribution is 2.09. The van der Waals surface area contributed by atoms with E-state index < -0.39 is 6.15 Å². The summed E-state index contributed by atoms with van der Waals surface area (Å²) in [5.74, 6) is 0. The predicted octanol–water partition coefficient (Wildman–Crippen LogP) is 3.63. The molecule has 0 aliphatic heterocycles. The topological polar surface area (TPSA) is 27.4 Å². The number of hydrogen-bond donors (Lipinski definition) is 0. The van der Waals surface area contributed by atoms with Crippen molar-refractivity contribution in [2.45, 2.75) is 0 Å². The Morgan fingerprint density at radius 3 is 1.08 bits per heavy atom. The third kappa shape index (κ3) is 6.10. The van der Waals surface area contributed by atoms with Crippen LogP contribution in [0.4, 0.5) is 10.5 Å². The average Bonchev–Trinajstić information content (AvgIpc) is 3.00. The monoisotopic (exact) mass is 513 g/mol. The van der Waals surface area contributed by atoms with Gasteiger partial charge in [-0.2, -0.15) is 31.2 Å². The van der Waals surface area contributed by atoms with Gasteiger partial charge in [0.15, 0.2) is 0 Å². The molecule has 0 fully saturated rings. The molecule has 0 radical (unpaired) electrons. The number of benzene rings is 4. The molecule has 39 heavy (non-hydrogen) atoms. The van der Waals surface area contributed by atoms with Gasteiger partial charge in [-0.05, 0) is 0 Å². The Balaban J connectivity index is 0.000000215. The molecular weight excluding hydrogens is 477 g/mol. The highest BCUT2D eigenvalue weighted by atomic mass is 16.2. The van der Waals surface area contributed by atoms with Crippen LogP contribution < -0.4 is 31.3 Å². The molecule has 0 spiro atoms. The Kier molecular flexibility index (Phi) is 8.95. The molecule has 1 amide bonds. The molecule has 0 unspecified atom stereocenters. The fourth-order valence-electron chi connectivity index (χ4n) is 5.20. The van der Waals surface area contributed by atoms with E-state index in [-0.39, 0.29) is 6.03 Å². The van der Waals surface area contributed by atoms with Crippen molar-refractivity contribution in [3.05, 3.63) is 146 Å². The van der Waals surface area contributed by atoms with Gasteiger partial charge in [-0.15, -0.1) is 0 Å². The number of anilines is 1. The fourth-order valence-corrected chi connectivity index (χ4v) is 5.20. The highest BCUT2D eigenvalue weighted by Gasteiger charge is 2.31. The van der Waals surface area contributed by atoms with Crippen LogP contribution in [-0.4, -0.2) is 45.3 Å². The van der Waals surface area contributed by atoms with Gasteiger partial charge in [-0.25, -0.2) is 4.90 Å². The Labute approximate surface area is 232 Å². The summed E-state index contributed by atoms with van der Waals surface area (Å²) in [7, 11) is 7.39. The van der Waals surface area contributed by atoms with E-state index in [9.17, 15) is 4.79 Å². The van der Waals surface area contributed by atoms with Crippen molar-refractivity contribution in [1.29, 1.82) is 0 Å². The molecule has 0 aliphatic rings. The normalized spacial score (nSPS) is 10.7. The number of aromatic nitrogens is 1. The zero-order chi connectivity index (χ0) is 27.7. The zero-order valence-electron chi connectivity index (χ0n) is 23.2. The first-order chi connectivity index (χ1) is 18.9. The van der Waals surface area contributed by atoms with E-state index in [0.29, 0.717) is 0 Å². The first kappa shape index (κ1) is 27.4. The molecule has 5 aromatic rings. The van der Waals surface area contributed by atoms with Crippen LogP contribution in [0.1, 0.15) is 0 Å². The molecular formula is C34H36BN3O. The second-order valence-electron chi connectivity index (χ2n) is 10.0. The van der Waals surface area contributed by atoms with Crippen molar-refractivity contribution in [3.8, 4) is 0 Å². The lowest BCUT2D eigenvalue weighted by Crippen LogP contribution is -2.74. The van der Waals surface area contributed by atoms with Crippen molar-refractivity contribution < 1.29 is 9.36 Å². The molecule has 1 aromatic heterocycles. The fraction of sp³-hybridized carbons (Fsp3) is 0.118. The molecule has 5 rings (SSSR count). The summed E-state index contributed by atoms with van der Waals surface area (Å²) in [5, 5.41) is 0. The minimum Gasteiger partial charge on any atom is -0.377 e. The van der Waals surface area contributed by atoms with E-state index >= 15 is 0 Å². The molecule has 0 N–H and O–H groups in total. The van der Waals surface area contributed by atoms with Gasteiger partial charge in [0.2, 0.25) is 0 Å². The number of rotatable bonds is 5. The maximum absolute atomic E-state index is 11.5. The lowest BCUT2D eigenvalue weighted by molar-refractivity contribution is -0.577. The lowest BCUT2D eigenvalue weighted by atomic mass is 9.13. The van der Waals surface area contributed by atoms with E-state index in [0.717, 1.165) is 5.69 Å². The van der Waals surface area contributed by atoms with Crippen LogP contribution in [0.3, 0.4) is 0 Å². The van der Waals surface area contributed by atoms with Crippen LogP contribution in [0.15, 0.2) is 146 Å². The maximum Gasteiger partial charge on any atom is 0.497 e. The van der Waals surface area contributed by atoms with Gasteiger partial charge in [-0.1, -0.05) is 121 Å². The standard InChI is InChI=1S/C24H20B.C10H16N3O/c1-5-13-21(14-6-1)25(22-15-7-2-8-16-22,23-17-9-3-10-18-23)24-19-11-4-12-20-24;1-11(2)9-5-7-13(8-6-9)10(14)12(3)4/h1-20H;5-8H,1-4H3/q-1;+1. The summed E-state index contributed by atoms with van der Waals surface area (Å²) in [5.41, 5.74) is 6.43. The van der Waals surface area contributed by atoms with Crippen LogP contribution >= 0.6 is 0 Å². The van der Waals surface area contributed by atoms with Gasteiger partial charge in [0.1, 0.15) is 18.5 Å². The van der Waals surface area contributed by atoms with Gasteiger partial charge in [-0.3, -0.25) is 0 Å². The molecule has 1 heterocycles. The minimum absolute atomic E-state index is 0.0460. The van der Waals surface area contributed by atoms with Crippen molar-refractivity contribution in [2.24, 2.45) is 0 Å². The Morgan fingerprint density at radius 1 is 0.513 bits per heavy atom. The molecule has 0 saturated heterocycles. The molecule has 4 nitrogen and oxygen atoms in total. The van der Waals surface area contributed by atoms with Crippen LogP contribution in [0.2, 0.25) is 0 Å². The second kappa shape index (κ2) is 12.7. The van der Waals surface area contributed by atoms with E-state index in [2.05, 4.69) is 121 Å². The summed E-state index contributed by atoms with van der Waals surface area (Å²) in [6.45, 7) is 0. The maximum atomic E-state index is 11.5. The predicted molar refractivity (Wildman–Crippen MR) is 166 cm³/mol. The van der Waals surface area contributed by atoms with Crippen LogP contribution in [0, 0.1) is 0 Å². The largest absolute Gasteiger partial charge is 0.497 e. The average molecular weight is 513 g/mol. The highest BCUT2D eigenvalue weighted by molar-refractivity contribution is 7.19. The minimum atomic E-state index is -1.22. The molecule has 5 heteroatoms. The summed E-state index contributed by atoms with van der Waals surface area (Å²) in [6.07, 6.45) is 2.31. The number of hydrogen-bond acceptors (Lipinski definition) is 2. The lowest BCUT2D eigenvalue weighted by Gasteiger charge is -2.44. The number of carbonyl (C=O) groups excluding carboxylic acids is 1. The van der Waals surface area contributed by atoms with Crippen molar-refractivity contribution in [1.82, 2.24) is 4.90 Å². The third-order valence-corrected chi connectivity index (χ3v) is 7.13. The van der Waals surface area contributed by atoms with Crippen LogP contribution in [0.25, 0.3) is 0 Å². The summed E-state index contributed by atoms with van der Waals surface area (Å²) in [4.78, 5) is 15.0. The van der Waals surface area contributed by atoms with Crippen molar-refractivity contribution in [3.63, 3.8) is 0 Å². The molecule has 0 atom stereocenters. The smallest absolute Gasteiger partial charge is 0.377 e. The third-order valence-electron chi connectivity index (χ3n) is 7.13. The van der Waals surface area contributed by atoms with Gasteiger partial charge < -0.3 is 4.90 Å². The molecule has 4 aromatic carbocycles. The summed E-state index contributed by atoms with van der Waals surface area (Å²) >= 11 is 0. The first-order valence-corrected chi connectivity index (χ1v) is 13.2. The van der Waals surface area contributed by atoms with Gasteiger partial charge in [0.25, 0.3) is 0 Å². The van der Waals surface area contributed by atoms with Gasteiger partial charge >= 0.3 is 6.03 Å². The van der Waals surface area contributed by atoms with E-state index in [1.165, 1.54) is 26.8 Å². The van der Waals surface area contributed by atoms with Crippen molar-refractivity contribution in [2.75, 3.05) is 33.1 Å². The van der Waals surface area contributed by atoms with E-state index in [1.54, 1.807) is 31.1 Å². The Hall–Kier alpha value is -4.64. The molecule has 196 valence electrons. The van der Waals surface area contributed by atoms with E-state index in [1.807, 2.05) is 31.1 Å². The van der Waals surface area contributed by atoms with Gasteiger partial charge in [0.05, 0.1) is 14.1 Å². The van der Waals surface area contributed by atoms with Crippen LogP contribution in [0.5, 0.6) is 0 Å². The Bertz CT molecular complexity index is 1280. The zero-order valence-corrected chi connectivity index (χ0v) is 23.2. The van der Waals surface area contributed by atoms with Gasteiger partial charge in [0, 0.05) is 31.9 Å². The first-order valence-electron chi connectivity index (χ1n) is 13.2. The number of amides is 1. The Morgan fingerprint density at radius 2 is 0.821 bits per heavy atom. The number of pyridine rings is 1. The van der Waals surface area contributed by atoms with E-state index in [4.69, 9.17) is 0 Å². The molecule has 0 bridgehead atoms. The number of carbonyl (C=O) groups is 1. The molecule has 0 aliphatic carbocycles. The summed E-state index contributed by atoms with van der Waals surface area (Å²) < 4.78 is 1.55. The van der Waals surface area contributed by atoms with Crippen molar-refractivity contribution >= 4 is 39.7 Å². The second-order valence-corrected chi connectivity index (χ2v) is 10.0. The molecule has 0 saturated carbocycles. The SMILES string of the molecule is CN(C)C(=O)[n+]1ccc(N(C)C)cc1.c1ccc([B-](c2ccccc2)(c2ccccc2)c2ccccc2)cc1. The summed E-state index contributed by atoms with van der Waals surface area (Å²) in [6, 6.07) is 47.3.